The van der Waals surface area contributed by atoms with Gasteiger partial charge in [-0.3, -0.25) is 0 Å². The van der Waals surface area contributed by atoms with Gasteiger partial charge < -0.3 is 5.11 Å². The quantitative estimate of drug-likeness (QED) is 0.532. The number of hydrogen-bond acceptors (Lipinski definition) is 1. The van der Waals surface area contributed by atoms with Crippen molar-refractivity contribution in [2.24, 2.45) is 5.41 Å². The summed E-state index contributed by atoms with van der Waals surface area (Å²) in [7, 11) is 0. The van der Waals surface area contributed by atoms with Crippen LogP contribution in [-0.4, -0.2) is 11.7 Å². The molecular weight excluding hydrogens is 196 g/mol. The molecule has 0 radical (unpaired) electrons. The second kappa shape index (κ2) is 10.1. The van der Waals surface area contributed by atoms with Crippen molar-refractivity contribution < 1.29 is 5.11 Å². The summed E-state index contributed by atoms with van der Waals surface area (Å²) >= 11 is 0. The molecule has 0 saturated carbocycles. The standard InChI is InChI=1S/C15H32O/c1-4-7-10-15(13-14-16,11-8-5-2)12-9-6-3/h16H,4-14H2,1-3H3. The van der Waals surface area contributed by atoms with Crippen LogP contribution in [0.15, 0.2) is 0 Å². The fourth-order valence-corrected chi connectivity index (χ4v) is 2.64. The first-order valence-corrected chi connectivity index (χ1v) is 7.35. The summed E-state index contributed by atoms with van der Waals surface area (Å²) in [6, 6.07) is 0. The molecule has 0 saturated heterocycles. The van der Waals surface area contributed by atoms with Gasteiger partial charge in [-0.15, -0.1) is 0 Å². The average molecular weight is 228 g/mol. The number of aliphatic hydroxyl groups is 1. The maximum Gasteiger partial charge on any atom is 0.0436 e. The maximum atomic E-state index is 9.30. The van der Waals surface area contributed by atoms with E-state index in [1.807, 2.05) is 0 Å². The summed E-state index contributed by atoms with van der Waals surface area (Å²) in [5.74, 6) is 0. The zero-order valence-corrected chi connectivity index (χ0v) is 11.7. The Labute approximate surface area is 103 Å². The predicted octanol–water partition coefficient (Wildman–Crippen LogP) is 4.93. The van der Waals surface area contributed by atoms with E-state index in [0.29, 0.717) is 12.0 Å². The van der Waals surface area contributed by atoms with Crippen LogP contribution in [0.2, 0.25) is 0 Å². The van der Waals surface area contributed by atoms with Crippen molar-refractivity contribution in [1.82, 2.24) is 0 Å². The number of aliphatic hydroxyl groups excluding tert-OH is 1. The Hall–Kier alpha value is -0.0400. The van der Waals surface area contributed by atoms with Gasteiger partial charge in [-0.05, 0) is 31.1 Å². The van der Waals surface area contributed by atoms with E-state index in [-0.39, 0.29) is 0 Å². The SMILES string of the molecule is CCCCC(CCO)(CCCC)CCCC. The molecule has 0 spiro atoms. The summed E-state index contributed by atoms with van der Waals surface area (Å²) in [5, 5.41) is 9.30. The Kier molecular flexibility index (Phi) is 10.1. The van der Waals surface area contributed by atoms with E-state index in [2.05, 4.69) is 20.8 Å². The molecule has 1 heteroatoms. The van der Waals surface area contributed by atoms with Gasteiger partial charge in [-0.25, -0.2) is 0 Å². The molecule has 0 atom stereocenters. The van der Waals surface area contributed by atoms with Crippen molar-refractivity contribution in [3.63, 3.8) is 0 Å². The molecule has 0 bridgehead atoms. The molecule has 1 N–H and O–H groups in total. The molecule has 0 heterocycles. The number of rotatable bonds is 11. The fraction of sp³-hybridized carbons (Fsp3) is 1.00. The van der Waals surface area contributed by atoms with Gasteiger partial charge in [0.25, 0.3) is 0 Å². The van der Waals surface area contributed by atoms with E-state index in [0.717, 1.165) is 6.42 Å². The smallest absolute Gasteiger partial charge is 0.0436 e. The minimum atomic E-state index is 0.372. The first kappa shape index (κ1) is 16.0. The Balaban J connectivity index is 4.32. The molecule has 16 heavy (non-hydrogen) atoms. The topological polar surface area (TPSA) is 20.2 Å². The Morgan fingerprint density at radius 3 is 1.31 bits per heavy atom. The minimum absolute atomic E-state index is 0.372. The molecule has 98 valence electrons. The van der Waals surface area contributed by atoms with Crippen LogP contribution in [0, 0.1) is 5.41 Å². The molecule has 0 aliphatic rings. The molecular formula is C15H32O. The monoisotopic (exact) mass is 228 g/mol. The predicted molar refractivity (Wildman–Crippen MR) is 72.7 cm³/mol. The lowest BCUT2D eigenvalue weighted by atomic mass is 9.72. The third-order valence-electron chi connectivity index (χ3n) is 3.82. The lowest BCUT2D eigenvalue weighted by molar-refractivity contribution is 0.135. The van der Waals surface area contributed by atoms with Gasteiger partial charge in [0.05, 0.1) is 0 Å². The van der Waals surface area contributed by atoms with Crippen LogP contribution in [-0.2, 0) is 0 Å². The molecule has 1 nitrogen and oxygen atoms in total. The second-order valence-electron chi connectivity index (χ2n) is 5.28. The van der Waals surface area contributed by atoms with Crippen LogP contribution in [0.1, 0.15) is 85.0 Å². The third-order valence-corrected chi connectivity index (χ3v) is 3.82. The molecule has 0 aliphatic carbocycles. The maximum absolute atomic E-state index is 9.30. The summed E-state index contributed by atoms with van der Waals surface area (Å²) in [4.78, 5) is 0. The number of unbranched alkanes of at least 4 members (excludes halogenated alkanes) is 3. The molecule has 0 amide bonds. The van der Waals surface area contributed by atoms with Crippen molar-refractivity contribution in [2.45, 2.75) is 85.0 Å². The van der Waals surface area contributed by atoms with Crippen molar-refractivity contribution in [3.05, 3.63) is 0 Å². The van der Waals surface area contributed by atoms with E-state index in [9.17, 15) is 5.11 Å². The highest BCUT2D eigenvalue weighted by Crippen LogP contribution is 2.39. The van der Waals surface area contributed by atoms with E-state index < -0.39 is 0 Å². The summed E-state index contributed by atoms with van der Waals surface area (Å²) in [5.41, 5.74) is 0.455. The van der Waals surface area contributed by atoms with E-state index >= 15 is 0 Å². The first-order valence-electron chi connectivity index (χ1n) is 7.35. The van der Waals surface area contributed by atoms with Gasteiger partial charge in [0.2, 0.25) is 0 Å². The first-order chi connectivity index (χ1) is 7.74. The molecule has 0 unspecified atom stereocenters. The highest BCUT2D eigenvalue weighted by Gasteiger charge is 2.27. The lowest BCUT2D eigenvalue weighted by Gasteiger charge is -2.34. The van der Waals surface area contributed by atoms with Crippen LogP contribution in [0.3, 0.4) is 0 Å². The van der Waals surface area contributed by atoms with Gasteiger partial charge in [-0.1, -0.05) is 59.3 Å². The average Bonchev–Trinajstić information content (AvgIpc) is 2.31. The highest BCUT2D eigenvalue weighted by molar-refractivity contribution is 4.79. The largest absolute Gasteiger partial charge is 0.396 e. The van der Waals surface area contributed by atoms with Crippen LogP contribution >= 0.6 is 0 Å². The lowest BCUT2D eigenvalue weighted by Crippen LogP contribution is -2.22. The van der Waals surface area contributed by atoms with Crippen LogP contribution in [0.25, 0.3) is 0 Å². The zero-order chi connectivity index (χ0) is 12.3. The Morgan fingerprint density at radius 2 is 1.06 bits per heavy atom. The normalized spacial score (nSPS) is 12.0. The third kappa shape index (κ3) is 6.52. The highest BCUT2D eigenvalue weighted by atomic mass is 16.3. The van der Waals surface area contributed by atoms with Gasteiger partial charge in [-0.2, -0.15) is 0 Å². The second-order valence-corrected chi connectivity index (χ2v) is 5.28. The molecule has 0 aromatic rings. The van der Waals surface area contributed by atoms with Gasteiger partial charge in [0, 0.05) is 6.61 Å². The van der Waals surface area contributed by atoms with Gasteiger partial charge in [0.1, 0.15) is 0 Å². The van der Waals surface area contributed by atoms with Gasteiger partial charge >= 0.3 is 0 Å². The van der Waals surface area contributed by atoms with Crippen LogP contribution < -0.4 is 0 Å². The Bertz CT molecular complexity index is 121. The van der Waals surface area contributed by atoms with Crippen molar-refractivity contribution in [1.29, 1.82) is 0 Å². The molecule has 0 aliphatic heterocycles. The van der Waals surface area contributed by atoms with E-state index in [4.69, 9.17) is 0 Å². The minimum Gasteiger partial charge on any atom is -0.396 e. The summed E-state index contributed by atoms with van der Waals surface area (Å²) in [6.07, 6.45) is 12.8. The van der Waals surface area contributed by atoms with Gasteiger partial charge in [0.15, 0.2) is 0 Å². The fourth-order valence-electron chi connectivity index (χ4n) is 2.64. The zero-order valence-electron chi connectivity index (χ0n) is 11.7. The molecule has 0 rings (SSSR count). The van der Waals surface area contributed by atoms with Crippen molar-refractivity contribution in [2.75, 3.05) is 6.61 Å². The molecule has 0 aromatic carbocycles. The molecule has 0 aromatic heterocycles. The van der Waals surface area contributed by atoms with E-state index in [1.165, 1.54) is 57.8 Å². The van der Waals surface area contributed by atoms with Crippen molar-refractivity contribution >= 4 is 0 Å². The van der Waals surface area contributed by atoms with E-state index in [1.54, 1.807) is 0 Å². The summed E-state index contributed by atoms with van der Waals surface area (Å²) < 4.78 is 0. The van der Waals surface area contributed by atoms with Crippen molar-refractivity contribution in [3.8, 4) is 0 Å². The molecule has 0 fully saturated rings. The Morgan fingerprint density at radius 1 is 0.688 bits per heavy atom. The number of hydrogen-bond donors (Lipinski definition) is 1. The van der Waals surface area contributed by atoms with Crippen LogP contribution in [0.5, 0.6) is 0 Å². The van der Waals surface area contributed by atoms with Crippen LogP contribution in [0.4, 0.5) is 0 Å². The summed E-state index contributed by atoms with van der Waals surface area (Å²) in [6.45, 7) is 7.17.